The van der Waals surface area contributed by atoms with Crippen LogP contribution in [0.15, 0.2) is 0 Å². The fraction of sp³-hybridized carbons (Fsp3) is 0.714. The number of amides is 1. The number of carbonyl (C=O) groups excluding carboxylic acids is 1. The van der Waals surface area contributed by atoms with Crippen LogP contribution in [0.3, 0.4) is 0 Å². The maximum atomic E-state index is 10.6. The van der Waals surface area contributed by atoms with Gasteiger partial charge in [0.25, 0.3) is 0 Å². The Kier molecular flexibility index (Phi) is 5.56. The number of carbonyl (C=O) groups is 1. The second-order valence-corrected chi connectivity index (χ2v) is 2.15. The van der Waals surface area contributed by atoms with Gasteiger partial charge in [0.15, 0.2) is 0 Å². The minimum Gasteiger partial charge on any atom is -0.450 e. The second-order valence-electron chi connectivity index (χ2n) is 2.15. The fourth-order valence-electron chi connectivity index (χ4n) is 0.487. The van der Waals surface area contributed by atoms with E-state index in [4.69, 9.17) is 5.11 Å². The van der Waals surface area contributed by atoms with E-state index < -0.39 is 12.3 Å². The van der Waals surface area contributed by atoms with E-state index in [1.807, 2.05) is 6.92 Å². The SMILES string of the molecule is [CH2]C(O)NC(=O)OCCCC. The molecule has 0 rings (SSSR count). The molecule has 65 valence electrons. The molecule has 0 aromatic rings. The molecule has 4 nitrogen and oxygen atoms in total. The monoisotopic (exact) mass is 160 g/mol. The topological polar surface area (TPSA) is 58.6 Å². The zero-order valence-electron chi connectivity index (χ0n) is 6.67. The predicted octanol–water partition coefficient (Wildman–Crippen LogP) is 0.665. The molecule has 0 aliphatic rings. The summed E-state index contributed by atoms with van der Waals surface area (Å²) in [7, 11) is 0. The van der Waals surface area contributed by atoms with Gasteiger partial charge in [-0.2, -0.15) is 0 Å². The lowest BCUT2D eigenvalue weighted by molar-refractivity contribution is 0.115. The average Bonchev–Trinajstić information content (AvgIpc) is 1.86. The Morgan fingerprint density at radius 1 is 1.82 bits per heavy atom. The minimum atomic E-state index is -1.09. The molecule has 0 aromatic heterocycles. The van der Waals surface area contributed by atoms with Crippen LogP contribution in [0.25, 0.3) is 0 Å². The number of hydrogen-bond acceptors (Lipinski definition) is 3. The number of aliphatic hydroxyl groups excluding tert-OH is 1. The van der Waals surface area contributed by atoms with Crippen molar-refractivity contribution in [1.82, 2.24) is 5.32 Å². The quantitative estimate of drug-likeness (QED) is 0.469. The van der Waals surface area contributed by atoms with Crippen molar-refractivity contribution in [1.29, 1.82) is 0 Å². The summed E-state index contributed by atoms with van der Waals surface area (Å²) in [5.41, 5.74) is 0. The van der Waals surface area contributed by atoms with Gasteiger partial charge in [-0.3, -0.25) is 5.32 Å². The van der Waals surface area contributed by atoms with E-state index in [0.717, 1.165) is 12.8 Å². The Bertz CT molecular complexity index is 114. The number of rotatable bonds is 4. The molecule has 0 bridgehead atoms. The largest absolute Gasteiger partial charge is 0.450 e. The third-order valence-electron chi connectivity index (χ3n) is 1.02. The first-order valence-corrected chi connectivity index (χ1v) is 3.61. The first kappa shape index (κ1) is 10.2. The van der Waals surface area contributed by atoms with Crippen LogP contribution in [0.2, 0.25) is 0 Å². The number of nitrogens with one attached hydrogen (secondary N) is 1. The van der Waals surface area contributed by atoms with Crippen LogP contribution in [-0.2, 0) is 4.74 Å². The first-order valence-electron chi connectivity index (χ1n) is 3.61. The van der Waals surface area contributed by atoms with E-state index in [-0.39, 0.29) is 0 Å². The highest BCUT2D eigenvalue weighted by Gasteiger charge is 2.02. The van der Waals surface area contributed by atoms with Gasteiger partial charge in [-0.1, -0.05) is 13.3 Å². The molecule has 1 atom stereocenters. The summed E-state index contributed by atoms with van der Waals surface area (Å²) in [6, 6.07) is 0. The van der Waals surface area contributed by atoms with Crippen LogP contribution in [0, 0.1) is 6.92 Å². The molecule has 1 unspecified atom stereocenters. The van der Waals surface area contributed by atoms with Crippen molar-refractivity contribution in [3.8, 4) is 0 Å². The van der Waals surface area contributed by atoms with Gasteiger partial charge in [-0.05, 0) is 13.3 Å². The molecule has 1 radical (unpaired) electrons. The van der Waals surface area contributed by atoms with E-state index in [1.54, 1.807) is 0 Å². The number of aliphatic hydroxyl groups is 1. The molecule has 0 aromatic carbocycles. The molecule has 0 spiro atoms. The smallest absolute Gasteiger partial charge is 0.409 e. The van der Waals surface area contributed by atoms with Crippen molar-refractivity contribution in [3.63, 3.8) is 0 Å². The van der Waals surface area contributed by atoms with E-state index >= 15 is 0 Å². The normalized spacial score (nSPS) is 12.3. The zero-order valence-corrected chi connectivity index (χ0v) is 6.67. The third-order valence-corrected chi connectivity index (χ3v) is 1.02. The molecule has 0 fully saturated rings. The number of unbranched alkanes of at least 4 members (excludes halogenated alkanes) is 1. The van der Waals surface area contributed by atoms with Crippen LogP contribution < -0.4 is 5.32 Å². The van der Waals surface area contributed by atoms with Crippen molar-refractivity contribution in [3.05, 3.63) is 6.92 Å². The van der Waals surface area contributed by atoms with Crippen molar-refractivity contribution in [2.45, 2.75) is 26.0 Å². The highest BCUT2D eigenvalue weighted by Crippen LogP contribution is 1.88. The Morgan fingerprint density at radius 2 is 2.45 bits per heavy atom. The molecule has 0 heterocycles. The van der Waals surface area contributed by atoms with Gasteiger partial charge < -0.3 is 9.84 Å². The van der Waals surface area contributed by atoms with Crippen LogP contribution >= 0.6 is 0 Å². The lowest BCUT2D eigenvalue weighted by atomic mass is 10.4. The van der Waals surface area contributed by atoms with Gasteiger partial charge in [-0.15, -0.1) is 0 Å². The number of alkyl carbamates (subject to hydrolysis) is 1. The molecule has 0 aliphatic carbocycles. The summed E-state index contributed by atoms with van der Waals surface area (Å²) < 4.78 is 4.64. The molecule has 11 heavy (non-hydrogen) atoms. The minimum absolute atomic E-state index is 0.384. The molecular formula is C7H14NO3. The molecule has 0 aliphatic heterocycles. The van der Waals surface area contributed by atoms with Crippen LogP contribution in [-0.4, -0.2) is 24.0 Å². The Hall–Kier alpha value is -0.770. The van der Waals surface area contributed by atoms with Crippen molar-refractivity contribution >= 4 is 6.09 Å². The first-order chi connectivity index (χ1) is 5.16. The lowest BCUT2D eigenvalue weighted by Gasteiger charge is -2.07. The molecule has 4 heteroatoms. The predicted molar refractivity (Wildman–Crippen MR) is 40.8 cm³/mol. The van der Waals surface area contributed by atoms with Gasteiger partial charge in [0.1, 0.15) is 6.23 Å². The molecule has 2 N–H and O–H groups in total. The van der Waals surface area contributed by atoms with Crippen molar-refractivity contribution in [2.75, 3.05) is 6.61 Å². The van der Waals surface area contributed by atoms with Crippen LogP contribution in [0.1, 0.15) is 19.8 Å². The maximum Gasteiger partial charge on any atom is 0.409 e. The summed E-state index contributed by atoms with van der Waals surface area (Å²) >= 11 is 0. The zero-order chi connectivity index (χ0) is 8.69. The Morgan fingerprint density at radius 3 is 2.91 bits per heavy atom. The van der Waals surface area contributed by atoms with Gasteiger partial charge in [0, 0.05) is 0 Å². The molecule has 0 saturated carbocycles. The van der Waals surface area contributed by atoms with E-state index in [1.165, 1.54) is 0 Å². The van der Waals surface area contributed by atoms with Crippen molar-refractivity contribution in [2.24, 2.45) is 0 Å². The van der Waals surface area contributed by atoms with E-state index in [2.05, 4.69) is 17.0 Å². The summed E-state index contributed by atoms with van der Waals surface area (Å²) in [6.07, 6.45) is 0.0889. The summed E-state index contributed by atoms with van der Waals surface area (Å²) in [6.45, 7) is 5.53. The van der Waals surface area contributed by atoms with Gasteiger partial charge in [0.05, 0.1) is 6.61 Å². The van der Waals surface area contributed by atoms with Gasteiger partial charge >= 0.3 is 6.09 Å². The Labute approximate surface area is 66.5 Å². The lowest BCUT2D eigenvalue weighted by Crippen LogP contribution is -2.33. The van der Waals surface area contributed by atoms with Crippen LogP contribution in [0.4, 0.5) is 4.79 Å². The number of ether oxygens (including phenoxy) is 1. The van der Waals surface area contributed by atoms with Gasteiger partial charge in [0.2, 0.25) is 0 Å². The molecule has 0 saturated heterocycles. The molecule has 1 amide bonds. The summed E-state index contributed by atoms with van der Waals surface area (Å²) in [5, 5.41) is 10.6. The summed E-state index contributed by atoms with van der Waals surface area (Å²) in [5.74, 6) is 0. The van der Waals surface area contributed by atoms with Gasteiger partial charge in [-0.25, -0.2) is 4.79 Å². The second kappa shape index (κ2) is 5.97. The average molecular weight is 160 g/mol. The maximum absolute atomic E-state index is 10.6. The number of hydrogen-bond donors (Lipinski definition) is 2. The van der Waals surface area contributed by atoms with E-state index in [0.29, 0.717) is 6.61 Å². The van der Waals surface area contributed by atoms with Crippen LogP contribution in [0.5, 0.6) is 0 Å². The summed E-state index contributed by atoms with van der Waals surface area (Å²) in [4.78, 5) is 10.6. The standard InChI is InChI=1S/C7H14NO3/c1-3-4-5-11-7(10)8-6(2)9/h6,9H,2-5H2,1H3,(H,8,10). The fourth-order valence-corrected chi connectivity index (χ4v) is 0.487. The third kappa shape index (κ3) is 7.12. The molecular weight excluding hydrogens is 146 g/mol. The highest BCUT2D eigenvalue weighted by atomic mass is 16.5. The Balaban J connectivity index is 3.23. The van der Waals surface area contributed by atoms with Crippen molar-refractivity contribution < 1.29 is 14.6 Å². The highest BCUT2D eigenvalue weighted by molar-refractivity contribution is 5.67. The van der Waals surface area contributed by atoms with E-state index in [9.17, 15) is 4.79 Å².